The molecule has 152 valence electrons. The lowest BCUT2D eigenvalue weighted by molar-refractivity contribution is -0.120. The van der Waals surface area contributed by atoms with Crippen LogP contribution >= 0.6 is 41.3 Å². The number of hydrogen-bond acceptors (Lipinski definition) is 4. The number of amides is 1. The molecule has 0 aliphatic carbocycles. The van der Waals surface area contributed by atoms with E-state index in [-0.39, 0.29) is 12.5 Å². The Bertz CT molecular complexity index is 1110. The summed E-state index contributed by atoms with van der Waals surface area (Å²) < 4.78 is 21.1. The Morgan fingerprint density at radius 1 is 1.31 bits per heavy atom. The van der Waals surface area contributed by atoms with Crippen molar-refractivity contribution >= 4 is 63.4 Å². The lowest BCUT2D eigenvalue weighted by atomic mass is 10.1. The van der Waals surface area contributed by atoms with Crippen molar-refractivity contribution in [2.24, 2.45) is 0 Å². The fraction of sp³-hybridized carbons (Fsp3) is 0.227. The maximum Gasteiger partial charge on any atom is 0.241 e. The van der Waals surface area contributed by atoms with Crippen molar-refractivity contribution in [2.45, 2.75) is 19.5 Å². The van der Waals surface area contributed by atoms with Gasteiger partial charge in [0.2, 0.25) is 13.3 Å². The van der Waals surface area contributed by atoms with Crippen LogP contribution in [-0.2, 0) is 13.9 Å². The van der Waals surface area contributed by atoms with Gasteiger partial charge in [0, 0.05) is 21.1 Å². The molecule has 2 unspecified atom stereocenters. The molecule has 3 aromatic rings. The molecule has 1 amide bonds. The molecule has 1 aromatic heterocycles. The second kappa shape index (κ2) is 9.56. The molecule has 0 spiro atoms. The number of rotatable bonds is 7. The van der Waals surface area contributed by atoms with E-state index in [2.05, 4.69) is 27.9 Å². The molecule has 3 rings (SSSR count). The summed E-state index contributed by atoms with van der Waals surface area (Å²) in [6.07, 6.45) is 3.43. The van der Waals surface area contributed by atoms with Crippen LogP contribution in [0.15, 0.2) is 54.0 Å². The van der Waals surface area contributed by atoms with Gasteiger partial charge in [0.25, 0.3) is 0 Å². The molecule has 0 aliphatic heterocycles. The summed E-state index contributed by atoms with van der Waals surface area (Å²) in [7, 11) is -3.23. The first-order chi connectivity index (χ1) is 13.8. The summed E-state index contributed by atoms with van der Waals surface area (Å²) in [5.74, 6) is -0.327. The van der Waals surface area contributed by atoms with Gasteiger partial charge in [-0.15, -0.1) is 11.3 Å². The first kappa shape index (κ1) is 22.2. The first-order valence-corrected chi connectivity index (χ1v) is 13.3. The van der Waals surface area contributed by atoms with Crippen molar-refractivity contribution in [1.29, 1.82) is 0 Å². The third-order valence-corrected chi connectivity index (χ3v) is 8.38. The number of carbonyl (C=O) groups is 1. The highest BCUT2D eigenvalue weighted by Gasteiger charge is 2.38. The summed E-state index contributed by atoms with van der Waals surface area (Å²) in [6, 6.07) is 14.0. The molecule has 2 aromatic carbocycles. The van der Waals surface area contributed by atoms with E-state index in [1.165, 1.54) is 0 Å². The van der Waals surface area contributed by atoms with E-state index in [1.807, 2.05) is 60.8 Å². The minimum absolute atomic E-state index is 0.289. The summed E-state index contributed by atoms with van der Waals surface area (Å²) in [4.78, 5) is 13.1. The third kappa shape index (κ3) is 5.37. The van der Waals surface area contributed by atoms with Gasteiger partial charge in [-0.3, -0.25) is 9.36 Å². The molecule has 0 saturated carbocycles. The van der Waals surface area contributed by atoms with Gasteiger partial charge < -0.3 is 9.84 Å². The first-order valence-electron chi connectivity index (χ1n) is 9.24. The number of benzene rings is 2. The van der Waals surface area contributed by atoms with Crippen LogP contribution in [-0.4, -0.2) is 19.2 Å². The molecule has 1 N–H and O–H groups in total. The highest BCUT2D eigenvalue weighted by atomic mass is 127. The van der Waals surface area contributed by atoms with Gasteiger partial charge in [-0.1, -0.05) is 29.8 Å². The van der Waals surface area contributed by atoms with E-state index in [0.29, 0.717) is 0 Å². The molecule has 0 fully saturated rings. The van der Waals surface area contributed by atoms with Gasteiger partial charge in [-0.25, -0.2) is 0 Å². The normalized spacial score (nSPS) is 14.8. The largest absolute Gasteiger partial charge is 0.332 e. The Balaban J connectivity index is 1.94. The summed E-state index contributed by atoms with van der Waals surface area (Å²) in [6.45, 7) is 5.63. The number of aryl methyl sites for hydroxylation is 1. The Morgan fingerprint density at radius 2 is 2.10 bits per heavy atom. The predicted octanol–water partition coefficient (Wildman–Crippen LogP) is 6.59. The van der Waals surface area contributed by atoms with Crippen LogP contribution in [0.25, 0.3) is 16.2 Å². The Morgan fingerprint density at radius 3 is 2.83 bits per heavy atom. The fourth-order valence-electron chi connectivity index (χ4n) is 3.22. The van der Waals surface area contributed by atoms with Crippen LogP contribution in [0.4, 0.5) is 0 Å². The third-order valence-electron chi connectivity index (χ3n) is 4.51. The quantitative estimate of drug-likeness (QED) is 0.273. The zero-order valence-corrected chi connectivity index (χ0v) is 20.4. The minimum atomic E-state index is -3.23. The maximum absolute atomic E-state index is 13.4. The van der Waals surface area contributed by atoms with Crippen LogP contribution in [0.5, 0.6) is 0 Å². The highest BCUT2D eigenvalue weighted by molar-refractivity contribution is 14.1. The van der Waals surface area contributed by atoms with Gasteiger partial charge in [-0.05, 0) is 82.6 Å². The standard InChI is InChI=1S/C22H23INO3PS/c1-4-27-28(3,26)21(19-14-29-20-9-8-15(2)12-18(19)20)22(25)24-11-10-16-6-5-7-17(23)13-16/h5-14,21H,4H2,1-3H3,(H,24,25)/b11-10+. The van der Waals surface area contributed by atoms with Crippen molar-refractivity contribution in [3.8, 4) is 0 Å². The predicted molar refractivity (Wildman–Crippen MR) is 131 cm³/mol. The Labute approximate surface area is 189 Å². The van der Waals surface area contributed by atoms with Crippen molar-refractivity contribution in [3.63, 3.8) is 0 Å². The van der Waals surface area contributed by atoms with E-state index >= 15 is 0 Å². The molecule has 1 heterocycles. The van der Waals surface area contributed by atoms with E-state index < -0.39 is 13.0 Å². The van der Waals surface area contributed by atoms with Crippen LogP contribution in [0.1, 0.15) is 29.3 Å². The molecule has 0 bridgehead atoms. The number of halogens is 1. The van der Waals surface area contributed by atoms with Crippen LogP contribution in [0, 0.1) is 10.5 Å². The van der Waals surface area contributed by atoms with E-state index in [0.717, 1.165) is 30.3 Å². The van der Waals surface area contributed by atoms with Gasteiger partial charge in [0.05, 0.1) is 6.61 Å². The van der Waals surface area contributed by atoms with Crippen molar-refractivity contribution < 1.29 is 13.9 Å². The van der Waals surface area contributed by atoms with Gasteiger partial charge >= 0.3 is 0 Å². The molecule has 2 atom stereocenters. The van der Waals surface area contributed by atoms with Gasteiger partial charge in [-0.2, -0.15) is 0 Å². The molecule has 0 saturated heterocycles. The minimum Gasteiger partial charge on any atom is -0.332 e. The van der Waals surface area contributed by atoms with Crippen molar-refractivity contribution in [2.75, 3.05) is 13.3 Å². The number of thiophene rings is 1. The monoisotopic (exact) mass is 539 g/mol. The second-order valence-corrected chi connectivity index (χ2v) is 11.6. The van der Waals surface area contributed by atoms with E-state index in [9.17, 15) is 9.36 Å². The molecule has 4 nitrogen and oxygen atoms in total. The average molecular weight is 539 g/mol. The zero-order chi connectivity index (χ0) is 21.0. The van der Waals surface area contributed by atoms with Crippen molar-refractivity contribution in [3.05, 3.63) is 74.3 Å². The summed E-state index contributed by atoms with van der Waals surface area (Å²) in [5.41, 5.74) is 1.97. The molecule has 29 heavy (non-hydrogen) atoms. The molecule has 0 aliphatic rings. The van der Waals surface area contributed by atoms with Crippen LogP contribution in [0.2, 0.25) is 0 Å². The SMILES string of the molecule is CCOP(C)(=O)C(C(=O)N/C=C/c1cccc(I)c1)c1csc2ccc(C)cc12. The average Bonchev–Trinajstić information content (AvgIpc) is 3.04. The smallest absolute Gasteiger partial charge is 0.241 e. The Kier molecular flexibility index (Phi) is 7.32. The van der Waals surface area contributed by atoms with Crippen LogP contribution in [0.3, 0.4) is 0 Å². The van der Waals surface area contributed by atoms with E-state index in [1.54, 1.807) is 31.1 Å². The summed E-state index contributed by atoms with van der Waals surface area (Å²) >= 11 is 3.79. The maximum atomic E-state index is 13.4. The topological polar surface area (TPSA) is 55.4 Å². The number of nitrogens with one attached hydrogen (secondary N) is 1. The second-order valence-electron chi connectivity index (χ2n) is 6.82. The fourth-order valence-corrected chi connectivity index (χ4v) is 6.74. The highest BCUT2D eigenvalue weighted by Crippen LogP contribution is 2.58. The number of carbonyl (C=O) groups excluding carboxylic acids is 1. The van der Waals surface area contributed by atoms with E-state index in [4.69, 9.17) is 4.52 Å². The zero-order valence-electron chi connectivity index (χ0n) is 16.5. The lowest BCUT2D eigenvalue weighted by Gasteiger charge is -2.23. The van der Waals surface area contributed by atoms with Crippen molar-refractivity contribution in [1.82, 2.24) is 5.32 Å². The molecule has 0 radical (unpaired) electrons. The summed E-state index contributed by atoms with van der Waals surface area (Å²) in [5, 5.41) is 5.69. The molecular weight excluding hydrogens is 516 g/mol. The molecule has 7 heteroatoms. The molecular formula is C22H23INO3PS. The lowest BCUT2D eigenvalue weighted by Crippen LogP contribution is -2.25. The Hall–Kier alpha value is -1.47. The van der Waals surface area contributed by atoms with Gasteiger partial charge in [0.1, 0.15) is 5.66 Å². The number of fused-ring (bicyclic) bond motifs is 1. The van der Waals surface area contributed by atoms with Crippen LogP contribution < -0.4 is 5.32 Å². The van der Waals surface area contributed by atoms with Gasteiger partial charge in [0.15, 0.2) is 0 Å². The number of hydrogen-bond donors (Lipinski definition) is 1.